The first-order valence-corrected chi connectivity index (χ1v) is 7.44. The standard InChI is InChI=1S/C16H20N2S/c1-3-14(17)10-13-7-8-16(18-11-13)19-15-6-4-5-12(2)9-15/h4-9,11,14H,3,10,17H2,1-2H3. The van der Waals surface area contributed by atoms with Crippen LogP contribution in [-0.2, 0) is 6.42 Å². The summed E-state index contributed by atoms with van der Waals surface area (Å²) in [5.41, 5.74) is 8.43. The summed E-state index contributed by atoms with van der Waals surface area (Å²) in [4.78, 5) is 5.73. The molecule has 0 saturated carbocycles. The number of pyridine rings is 1. The van der Waals surface area contributed by atoms with Crippen molar-refractivity contribution in [2.24, 2.45) is 5.73 Å². The van der Waals surface area contributed by atoms with Crippen LogP contribution in [0.15, 0.2) is 52.5 Å². The van der Waals surface area contributed by atoms with E-state index in [0.717, 1.165) is 17.9 Å². The smallest absolute Gasteiger partial charge is 0.101 e. The highest BCUT2D eigenvalue weighted by molar-refractivity contribution is 7.99. The number of hydrogen-bond acceptors (Lipinski definition) is 3. The summed E-state index contributed by atoms with van der Waals surface area (Å²) < 4.78 is 0. The lowest BCUT2D eigenvalue weighted by Gasteiger charge is -2.08. The molecule has 0 aliphatic carbocycles. The number of nitrogens with zero attached hydrogens (tertiary/aromatic N) is 1. The zero-order valence-corrected chi connectivity index (χ0v) is 12.3. The Morgan fingerprint density at radius 3 is 2.74 bits per heavy atom. The fourth-order valence-corrected chi connectivity index (χ4v) is 2.71. The maximum Gasteiger partial charge on any atom is 0.101 e. The van der Waals surface area contributed by atoms with Crippen molar-refractivity contribution in [2.45, 2.75) is 42.7 Å². The molecule has 3 heteroatoms. The minimum absolute atomic E-state index is 0.233. The third-order valence-electron chi connectivity index (χ3n) is 3.03. The molecule has 1 atom stereocenters. The Morgan fingerprint density at radius 1 is 1.26 bits per heavy atom. The predicted octanol–water partition coefficient (Wildman–Crippen LogP) is 3.82. The average molecular weight is 272 g/mol. The third kappa shape index (κ3) is 4.37. The third-order valence-corrected chi connectivity index (χ3v) is 3.97. The van der Waals surface area contributed by atoms with Crippen LogP contribution >= 0.6 is 11.8 Å². The van der Waals surface area contributed by atoms with Gasteiger partial charge >= 0.3 is 0 Å². The van der Waals surface area contributed by atoms with Crippen molar-refractivity contribution in [1.82, 2.24) is 4.98 Å². The molecule has 100 valence electrons. The molecule has 1 unspecified atom stereocenters. The number of rotatable bonds is 5. The zero-order valence-electron chi connectivity index (χ0n) is 11.5. The van der Waals surface area contributed by atoms with Crippen LogP contribution in [-0.4, -0.2) is 11.0 Å². The summed E-state index contributed by atoms with van der Waals surface area (Å²) in [6.45, 7) is 4.22. The van der Waals surface area contributed by atoms with Gasteiger partial charge in [0.15, 0.2) is 0 Å². The van der Waals surface area contributed by atoms with Crippen molar-refractivity contribution < 1.29 is 0 Å². The molecule has 0 fully saturated rings. The van der Waals surface area contributed by atoms with E-state index >= 15 is 0 Å². The lowest BCUT2D eigenvalue weighted by molar-refractivity contribution is 0.644. The maximum atomic E-state index is 5.95. The maximum absolute atomic E-state index is 5.95. The molecule has 19 heavy (non-hydrogen) atoms. The Bertz CT molecular complexity index is 523. The van der Waals surface area contributed by atoms with Gasteiger partial charge in [-0.2, -0.15) is 0 Å². The van der Waals surface area contributed by atoms with Gasteiger partial charge in [-0.25, -0.2) is 4.98 Å². The second-order valence-electron chi connectivity index (χ2n) is 4.80. The van der Waals surface area contributed by atoms with E-state index in [9.17, 15) is 0 Å². The van der Waals surface area contributed by atoms with Crippen LogP contribution in [0, 0.1) is 6.92 Å². The molecule has 1 aromatic heterocycles. The van der Waals surface area contributed by atoms with Gasteiger partial charge in [0.2, 0.25) is 0 Å². The van der Waals surface area contributed by atoms with Gasteiger partial charge in [0.25, 0.3) is 0 Å². The number of hydrogen-bond donors (Lipinski definition) is 1. The zero-order chi connectivity index (χ0) is 13.7. The highest BCUT2D eigenvalue weighted by Gasteiger charge is 2.03. The van der Waals surface area contributed by atoms with Crippen LogP contribution in [0.25, 0.3) is 0 Å². The van der Waals surface area contributed by atoms with Crippen LogP contribution in [0.1, 0.15) is 24.5 Å². The van der Waals surface area contributed by atoms with Crippen LogP contribution in [0.5, 0.6) is 0 Å². The Labute approximate surface area is 119 Å². The van der Waals surface area contributed by atoms with Gasteiger partial charge in [0.1, 0.15) is 5.03 Å². The first-order chi connectivity index (χ1) is 9.17. The second kappa shape index (κ2) is 6.73. The van der Waals surface area contributed by atoms with E-state index in [2.05, 4.69) is 55.2 Å². The van der Waals surface area contributed by atoms with E-state index < -0.39 is 0 Å². The number of aromatic nitrogens is 1. The monoisotopic (exact) mass is 272 g/mol. The van der Waals surface area contributed by atoms with Gasteiger partial charge in [-0.05, 0) is 43.5 Å². The number of benzene rings is 1. The molecule has 0 amide bonds. The van der Waals surface area contributed by atoms with E-state index in [-0.39, 0.29) is 6.04 Å². The average Bonchev–Trinajstić information content (AvgIpc) is 2.41. The summed E-state index contributed by atoms with van der Waals surface area (Å²) in [6, 6.07) is 12.9. The number of aryl methyl sites for hydroxylation is 1. The van der Waals surface area contributed by atoms with Gasteiger partial charge < -0.3 is 5.73 Å². The fourth-order valence-electron chi connectivity index (χ4n) is 1.84. The minimum Gasteiger partial charge on any atom is -0.327 e. The molecule has 0 saturated heterocycles. The molecule has 0 aliphatic heterocycles. The highest BCUT2D eigenvalue weighted by atomic mass is 32.2. The van der Waals surface area contributed by atoms with Crippen molar-refractivity contribution >= 4 is 11.8 Å². The lowest BCUT2D eigenvalue weighted by atomic mass is 10.1. The normalized spacial score (nSPS) is 12.4. The summed E-state index contributed by atoms with van der Waals surface area (Å²) in [5, 5.41) is 1.03. The second-order valence-corrected chi connectivity index (χ2v) is 5.89. The van der Waals surface area contributed by atoms with Gasteiger partial charge in [0.05, 0.1) is 0 Å². The molecular weight excluding hydrogens is 252 g/mol. The van der Waals surface area contributed by atoms with Gasteiger partial charge in [-0.3, -0.25) is 0 Å². The van der Waals surface area contributed by atoms with Crippen molar-refractivity contribution in [2.75, 3.05) is 0 Å². The highest BCUT2D eigenvalue weighted by Crippen LogP contribution is 2.26. The van der Waals surface area contributed by atoms with Gasteiger partial charge in [-0.1, -0.05) is 42.4 Å². The Hall–Kier alpha value is -1.32. The molecule has 0 bridgehead atoms. The predicted molar refractivity (Wildman–Crippen MR) is 81.5 cm³/mol. The molecule has 0 spiro atoms. The van der Waals surface area contributed by atoms with Crippen molar-refractivity contribution in [1.29, 1.82) is 0 Å². The van der Waals surface area contributed by atoms with E-state index in [4.69, 9.17) is 5.73 Å². The fraction of sp³-hybridized carbons (Fsp3) is 0.312. The van der Waals surface area contributed by atoms with Crippen LogP contribution in [0.2, 0.25) is 0 Å². The van der Waals surface area contributed by atoms with Crippen LogP contribution < -0.4 is 5.73 Å². The molecule has 0 aliphatic rings. The van der Waals surface area contributed by atoms with Crippen molar-refractivity contribution in [3.8, 4) is 0 Å². The summed E-state index contributed by atoms with van der Waals surface area (Å²) in [7, 11) is 0. The Morgan fingerprint density at radius 2 is 2.11 bits per heavy atom. The van der Waals surface area contributed by atoms with E-state index in [1.807, 2.05) is 6.20 Å². The minimum atomic E-state index is 0.233. The topological polar surface area (TPSA) is 38.9 Å². The SMILES string of the molecule is CCC(N)Cc1ccc(Sc2cccc(C)c2)nc1. The molecule has 2 aromatic rings. The van der Waals surface area contributed by atoms with Gasteiger partial charge in [0, 0.05) is 17.1 Å². The van der Waals surface area contributed by atoms with Crippen molar-refractivity contribution in [3.63, 3.8) is 0 Å². The molecule has 2 N–H and O–H groups in total. The van der Waals surface area contributed by atoms with Crippen LogP contribution in [0.3, 0.4) is 0 Å². The molecule has 1 heterocycles. The van der Waals surface area contributed by atoms with E-state index in [1.54, 1.807) is 11.8 Å². The first kappa shape index (κ1) is 14.1. The molecule has 1 aromatic carbocycles. The van der Waals surface area contributed by atoms with Gasteiger partial charge in [-0.15, -0.1) is 0 Å². The number of nitrogens with two attached hydrogens (primary N) is 1. The first-order valence-electron chi connectivity index (χ1n) is 6.62. The quantitative estimate of drug-likeness (QED) is 0.899. The summed E-state index contributed by atoms with van der Waals surface area (Å²) >= 11 is 1.69. The largest absolute Gasteiger partial charge is 0.327 e. The molecule has 0 radical (unpaired) electrons. The molecule has 2 rings (SSSR count). The molecular formula is C16H20N2S. The summed E-state index contributed by atoms with van der Waals surface area (Å²) in [6.07, 6.45) is 3.84. The van der Waals surface area contributed by atoms with E-state index in [0.29, 0.717) is 0 Å². The molecule has 2 nitrogen and oxygen atoms in total. The lowest BCUT2D eigenvalue weighted by Crippen LogP contribution is -2.21. The summed E-state index contributed by atoms with van der Waals surface area (Å²) in [5.74, 6) is 0. The Balaban J connectivity index is 2.02. The Kier molecular flexibility index (Phi) is 5.00. The van der Waals surface area contributed by atoms with E-state index in [1.165, 1.54) is 16.0 Å². The van der Waals surface area contributed by atoms with Crippen molar-refractivity contribution in [3.05, 3.63) is 53.7 Å². The van der Waals surface area contributed by atoms with Crippen LogP contribution in [0.4, 0.5) is 0 Å².